The third-order valence-corrected chi connectivity index (χ3v) is 6.23. The summed E-state index contributed by atoms with van der Waals surface area (Å²) in [6, 6.07) is 27.3. The Morgan fingerprint density at radius 3 is 2.26 bits per heavy atom. The fourth-order valence-electron chi connectivity index (χ4n) is 3.89. The summed E-state index contributed by atoms with van der Waals surface area (Å²) in [4.78, 5) is 28.1. The molecule has 0 fully saturated rings. The van der Waals surface area contributed by atoms with Crippen LogP contribution in [0.3, 0.4) is 0 Å². The van der Waals surface area contributed by atoms with Gasteiger partial charge >= 0.3 is 0 Å². The normalized spacial score (nSPS) is 11.4. The molecule has 198 valence electrons. The average molecular weight is 541 g/mol. The van der Waals surface area contributed by atoms with Crippen molar-refractivity contribution in [1.29, 1.82) is 0 Å². The second kappa shape index (κ2) is 13.3. The van der Waals surface area contributed by atoms with Gasteiger partial charge in [0.1, 0.15) is 17.2 Å². The van der Waals surface area contributed by atoms with E-state index in [9.17, 15) is 9.59 Å². The van der Waals surface area contributed by atoms with Gasteiger partial charge in [-0.3, -0.25) is 9.59 Å². The van der Waals surface area contributed by atoms with E-state index in [4.69, 9.17) is 16.0 Å². The molecule has 0 unspecified atom stereocenters. The van der Waals surface area contributed by atoms with Crippen LogP contribution in [0.1, 0.15) is 35.5 Å². The molecule has 4 aromatic rings. The maximum Gasteiger partial charge on any atom is 0.287 e. The Kier molecular flexibility index (Phi) is 9.32. The van der Waals surface area contributed by atoms with E-state index in [1.165, 1.54) is 6.21 Å². The molecule has 0 saturated heterocycles. The predicted octanol–water partition coefficient (Wildman–Crippen LogP) is 6.37. The summed E-state index contributed by atoms with van der Waals surface area (Å²) in [6.45, 7) is 5.98. The smallest absolute Gasteiger partial charge is 0.287 e. The molecule has 2 amide bonds. The summed E-state index contributed by atoms with van der Waals surface area (Å²) in [6.07, 6.45) is 3.01. The minimum atomic E-state index is -0.576. The molecule has 0 atom stereocenters. The van der Waals surface area contributed by atoms with Gasteiger partial charge in [0.2, 0.25) is 0 Å². The Bertz CT molecular complexity index is 1460. The molecule has 8 heteroatoms. The molecule has 0 aliphatic rings. The number of anilines is 1. The first-order chi connectivity index (χ1) is 19.0. The third kappa shape index (κ3) is 7.46. The quantitative estimate of drug-likeness (QED) is 0.139. The standard InChI is InChI=1S/C31H29ClN4O3/c1-3-36(4-2)26-16-10-22(11-17-26)20-28(34-30(37)24-8-6-5-7-9-24)31(38)35-33-21-27-18-19-29(39-27)23-12-14-25(32)15-13-23/h5-21H,3-4H2,1-2H3,(H,34,37)(H,35,38)/b28-20+,33-21+. The number of hydrazone groups is 1. The largest absolute Gasteiger partial charge is 0.455 e. The fraction of sp³-hybridized carbons (Fsp3) is 0.129. The Labute approximate surface area is 232 Å². The van der Waals surface area contributed by atoms with Gasteiger partial charge in [-0.25, -0.2) is 5.43 Å². The van der Waals surface area contributed by atoms with Crippen LogP contribution in [0, 0.1) is 0 Å². The molecule has 2 N–H and O–H groups in total. The van der Waals surface area contributed by atoms with E-state index in [2.05, 4.69) is 34.6 Å². The highest BCUT2D eigenvalue weighted by Crippen LogP contribution is 2.23. The molecule has 7 nitrogen and oxygen atoms in total. The number of rotatable bonds is 10. The Morgan fingerprint density at radius 2 is 1.59 bits per heavy atom. The molecule has 0 bridgehead atoms. The minimum Gasteiger partial charge on any atom is -0.455 e. The van der Waals surface area contributed by atoms with Crippen molar-refractivity contribution in [2.45, 2.75) is 13.8 Å². The van der Waals surface area contributed by atoms with Gasteiger partial charge in [-0.15, -0.1) is 0 Å². The van der Waals surface area contributed by atoms with Gasteiger partial charge in [0.25, 0.3) is 11.8 Å². The monoisotopic (exact) mass is 540 g/mol. The Balaban J connectivity index is 1.51. The lowest BCUT2D eigenvalue weighted by Crippen LogP contribution is -2.32. The topological polar surface area (TPSA) is 86.9 Å². The summed E-state index contributed by atoms with van der Waals surface area (Å²) < 4.78 is 5.79. The van der Waals surface area contributed by atoms with Gasteiger partial charge in [0, 0.05) is 34.9 Å². The van der Waals surface area contributed by atoms with E-state index in [0.717, 1.165) is 29.9 Å². The number of halogens is 1. The maximum atomic E-state index is 13.1. The zero-order chi connectivity index (χ0) is 27.6. The van der Waals surface area contributed by atoms with Crippen molar-refractivity contribution >= 4 is 41.4 Å². The SMILES string of the molecule is CCN(CC)c1ccc(/C=C(/NC(=O)c2ccccc2)C(=O)N/N=C/c2ccc(-c3ccc(Cl)cc3)o2)cc1. The number of benzene rings is 3. The van der Waals surface area contributed by atoms with E-state index in [1.807, 2.05) is 42.5 Å². The van der Waals surface area contributed by atoms with Crippen molar-refractivity contribution in [1.82, 2.24) is 10.7 Å². The molecule has 0 radical (unpaired) electrons. The van der Waals surface area contributed by atoms with Crippen molar-refractivity contribution in [3.63, 3.8) is 0 Å². The van der Waals surface area contributed by atoms with Crippen LogP contribution >= 0.6 is 11.6 Å². The number of nitrogens with one attached hydrogen (secondary N) is 2. The van der Waals surface area contributed by atoms with Crippen molar-refractivity contribution in [3.8, 4) is 11.3 Å². The number of carbonyl (C=O) groups is 2. The minimum absolute atomic E-state index is 0.0536. The first-order valence-corrected chi connectivity index (χ1v) is 13.0. The van der Waals surface area contributed by atoms with Crippen molar-refractivity contribution in [2.75, 3.05) is 18.0 Å². The highest BCUT2D eigenvalue weighted by Gasteiger charge is 2.15. The molecule has 0 saturated carbocycles. The first-order valence-electron chi connectivity index (χ1n) is 12.6. The second-order valence-corrected chi connectivity index (χ2v) is 8.99. The van der Waals surface area contributed by atoms with Crippen LogP contribution in [0.5, 0.6) is 0 Å². The van der Waals surface area contributed by atoms with Gasteiger partial charge in [0.15, 0.2) is 0 Å². The number of hydrogen-bond acceptors (Lipinski definition) is 5. The lowest BCUT2D eigenvalue weighted by molar-refractivity contribution is -0.117. The zero-order valence-corrected chi connectivity index (χ0v) is 22.5. The van der Waals surface area contributed by atoms with Crippen molar-refractivity contribution < 1.29 is 14.0 Å². The highest BCUT2D eigenvalue weighted by atomic mass is 35.5. The first kappa shape index (κ1) is 27.4. The Hall–Kier alpha value is -4.62. The van der Waals surface area contributed by atoms with Gasteiger partial charge < -0.3 is 14.6 Å². The van der Waals surface area contributed by atoms with Crippen molar-refractivity contribution in [2.24, 2.45) is 5.10 Å². The van der Waals surface area contributed by atoms with Crippen LogP contribution in [-0.4, -0.2) is 31.1 Å². The van der Waals surface area contributed by atoms with Gasteiger partial charge in [-0.1, -0.05) is 41.9 Å². The summed E-state index contributed by atoms with van der Waals surface area (Å²) in [5.41, 5.74) is 5.66. The summed E-state index contributed by atoms with van der Waals surface area (Å²) in [7, 11) is 0. The van der Waals surface area contributed by atoms with Crippen LogP contribution in [0.2, 0.25) is 5.02 Å². The molecule has 4 rings (SSSR count). The van der Waals surface area contributed by atoms with Gasteiger partial charge in [-0.2, -0.15) is 5.10 Å². The number of hydrogen-bond donors (Lipinski definition) is 2. The van der Waals surface area contributed by atoms with E-state index >= 15 is 0 Å². The molecule has 0 spiro atoms. The van der Waals surface area contributed by atoms with Gasteiger partial charge in [0.05, 0.1) is 6.21 Å². The van der Waals surface area contributed by atoms with Crippen molar-refractivity contribution in [3.05, 3.63) is 119 Å². The fourth-order valence-corrected chi connectivity index (χ4v) is 4.01. The molecule has 0 aliphatic carbocycles. The summed E-state index contributed by atoms with van der Waals surface area (Å²) >= 11 is 5.95. The van der Waals surface area contributed by atoms with Crippen LogP contribution in [0.15, 0.2) is 106 Å². The van der Waals surface area contributed by atoms with E-state index in [0.29, 0.717) is 22.1 Å². The van der Waals surface area contributed by atoms with E-state index in [-0.39, 0.29) is 5.70 Å². The van der Waals surface area contributed by atoms with Crippen LogP contribution in [0.4, 0.5) is 5.69 Å². The molecule has 1 aromatic heterocycles. The summed E-state index contributed by atoms with van der Waals surface area (Å²) in [5.74, 6) is 0.113. The molecule has 1 heterocycles. The zero-order valence-electron chi connectivity index (χ0n) is 21.7. The van der Waals surface area contributed by atoms with Crippen LogP contribution < -0.4 is 15.6 Å². The average Bonchev–Trinajstić information content (AvgIpc) is 3.44. The van der Waals surface area contributed by atoms with Crippen LogP contribution in [0.25, 0.3) is 17.4 Å². The molecule has 3 aromatic carbocycles. The number of amides is 2. The maximum absolute atomic E-state index is 13.1. The highest BCUT2D eigenvalue weighted by molar-refractivity contribution is 6.30. The van der Waals surface area contributed by atoms with Crippen LogP contribution in [-0.2, 0) is 4.79 Å². The predicted molar refractivity (Wildman–Crippen MR) is 157 cm³/mol. The molecular formula is C31H29ClN4O3. The molecule has 0 aliphatic heterocycles. The Morgan fingerprint density at radius 1 is 0.897 bits per heavy atom. The lowest BCUT2D eigenvalue weighted by atomic mass is 10.1. The van der Waals surface area contributed by atoms with E-state index in [1.54, 1.807) is 54.6 Å². The second-order valence-electron chi connectivity index (χ2n) is 8.55. The third-order valence-electron chi connectivity index (χ3n) is 5.97. The van der Waals surface area contributed by atoms with E-state index < -0.39 is 11.8 Å². The number of furan rings is 1. The molecule has 39 heavy (non-hydrogen) atoms. The lowest BCUT2D eigenvalue weighted by Gasteiger charge is -2.20. The number of carbonyl (C=O) groups excluding carboxylic acids is 2. The van der Waals surface area contributed by atoms with Gasteiger partial charge in [-0.05, 0) is 86.2 Å². The molecular weight excluding hydrogens is 512 g/mol. The number of nitrogens with zero attached hydrogens (tertiary/aromatic N) is 2. The summed E-state index contributed by atoms with van der Waals surface area (Å²) in [5, 5.41) is 7.38.